The molecule has 17 heavy (non-hydrogen) atoms. The van der Waals surface area contributed by atoms with Crippen LogP contribution in [0.25, 0.3) is 0 Å². The highest BCUT2D eigenvalue weighted by Crippen LogP contribution is 2.17. The lowest BCUT2D eigenvalue weighted by Gasteiger charge is -2.14. The maximum Gasteiger partial charge on any atom is 0.407 e. The molecule has 0 saturated heterocycles. The Morgan fingerprint density at radius 2 is 2.24 bits per heavy atom. The predicted octanol–water partition coefficient (Wildman–Crippen LogP) is 1.74. The second kappa shape index (κ2) is 6.15. The van der Waals surface area contributed by atoms with Crippen LogP contribution in [0.5, 0.6) is 0 Å². The van der Waals surface area contributed by atoms with E-state index >= 15 is 0 Å². The van der Waals surface area contributed by atoms with Crippen molar-refractivity contribution in [2.24, 2.45) is 0 Å². The van der Waals surface area contributed by atoms with Crippen molar-refractivity contribution >= 4 is 6.09 Å². The van der Waals surface area contributed by atoms with Crippen molar-refractivity contribution in [2.75, 3.05) is 13.2 Å². The van der Waals surface area contributed by atoms with E-state index in [9.17, 15) is 13.6 Å². The van der Waals surface area contributed by atoms with Crippen molar-refractivity contribution in [3.63, 3.8) is 0 Å². The van der Waals surface area contributed by atoms with E-state index < -0.39 is 23.8 Å². The Bertz CT molecular complexity index is 398. The number of amides is 1. The summed E-state index contributed by atoms with van der Waals surface area (Å²) < 4.78 is 30.5. The number of hydrogen-bond donors (Lipinski definition) is 2. The van der Waals surface area contributed by atoms with Crippen molar-refractivity contribution in [2.45, 2.75) is 13.0 Å². The summed E-state index contributed by atoms with van der Waals surface area (Å²) in [6.45, 7) is 1.12. The smallest absolute Gasteiger partial charge is 0.407 e. The first-order valence-electron chi connectivity index (χ1n) is 5.03. The Hall–Kier alpha value is -1.69. The van der Waals surface area contributed by atoms with Crippen LogP contribution in [0, 0.1) is 11.6 Å². The summed E-state index contributed by atoms with van der Waals surface area (Å²) in [5, 5.41) is 10.8. The molecule has 0 radical (unpaired) electrons. The second-order valence-corrected chi connectivity index (χ2v) is 3.39. The quantitative estimate of drug-likeness (QED) is 0.849. The molecule has 1 unspecified atom stereocenters. The van der Waals surface area contributed by atoms with Crippen LogP contribution >= 0.6 is 0 Å². The van der Waals surface area contributed by atoms with E-state index in [1.807, 2.05) is 0 Å². The average Bonchev–Trinajstić information content (AvgIpc) is 2.26. The van der Waals surface area contributed by atoms with Gasteiger partial charge in [-0.2, -0.15) is 0 Å². The highest BCUT2D eigenvalue weighted by Gasteiger charge is 2.14. The molecule has 6 heteroatoms. The fourth-order valence-electron chi connectivity index (χ4n) is 1.29. The first kappa shape index (κ1) is 13.4. The Morgan fingerprint density at radius 1 is 1.53 bits per heavy atom. The predicted molar refractivity (Wildman–Crippen MR) is 56.3 cm³/mol. The summed E-state index contributed by atoms with van der Waals surface area (Å²) in [6, 6.07) is 2.45. The first-order valence-corrected chi connectivity index (χ1v) is 5.03. The van der Waals surface area contributed by atoms with E-state index in [2.05, 4.69) is 10.1 Å². The molecular weight excluding hydrogens is 232 g/mol. The minimum Gasteiger partial charge on any atom is -0.447 e. The Labute approximate surface area is 97.2 Å². The third kappa shape index (κ3) is 3.99. The number of aliphatic hydroxyl groups excluding tert-OH is 1. The van der Waals surface area contributed by atoms with Crippen LogP contribution in [0.1, 0.15) is 18.5 Å². The number of ether oxygens (including phenoxy) is 1. The number of carbonyl (C=O) groups excluding carboxylic acids is 1. The zero-order chi connectivity index (χ0) is 12.8. The SMILES string of the molecule is CC(NC(=O)OCCO)c1ccc(F)cc1F. The number of rotatable bonds is 4. The number of aliphatic hydroxyl groups is 1. The third-order valence-corrected chi connectivity index (χ3v) is 2.09. The van der Waals surface area contributed by atoms with Gasteiger partial charge in [0, 0.05) is 11.6 Å². The van der Waals surface area contributed by atoms with Crippen LogP contribution in [0.2, 0.25) is 0 Å². The molecule has 0 spiro atoms. The minimum atomic E-state index is -0.768. The van der Waals surface area contributed by atoms with Gasteiger partial charge in [-0.1, -0.05) is 6.07 Å². The average molecular weight is 245 g/mol. The van der Waals surface area contributed by atoms with Crippen molar-refractivity contribution < 1.29 is 23.4 Å². The van der Waals surface area contributed by atoms with Crippen LogP contribution in [0.4, 0.5) is 13.6 Å². The molecule has 0 saturated carbocycles. The molecular formula is C11H13F2NO3. The van der Waals surface area contributed by atoms with Crippen LogP contribution < -0.4 is 5.32 Å². The molecule has 0 aliphatic rings. The number of nitrogens with one attached hydrogen (secondary N) is 1. The van der Waals surface area contributed by atoms with Gasteiger partial charge in [0.1, 0.15) is 18.2 Å². The topological polar surface area (TPSA) is 58.6 Å². The molecule has 0 bridgehead atoms. The van der Waals surface area contributed by atoms with Gasteiger partial charge in [0.25, 0.3) is 0 Å². The largest absolute Gasteiger partial charge is 0.447 e. The standard InChI is InChI=1S/C11H13F2NO3/c1-7(14-11(16)17-5-4-15)9-3-2-8(12)6-10(9)13/h2-3,6-7,15H,4-5H2,1H3,(H,14,16). The van der Waals surface area contributed by atoms with Crippen molar-refractivity contribution in [3.8, 4) is 0 Å². The van der Waals surface area contributed by atoms with Gasteiger partial charge in [0.05, 0.1) is 12.6 Å². The molecule has 0 aromatic heterocycles. The number of alkyl carbamates (subject to hydrolysis) is 1. The minimum absolute atomic E-state index is 0.134. The second-order valence-electron chi connectivity index (χ2n) is 3.39. The van der Waals surface area contributed by atoms with Gasteiger partial charge in [-0.3, -0.25) is 0 Å². The lowest BCUT2D eigenvalue weighted by atomic mass is 10.1. The van der Waals surface area contributed by atoms with Gasteiger partial charge in [0.15, 0.2) is 0 Å². The lowest BCUT2D eigenvalue weighted by Crippen LogP contribution is -2.28. The molecule has 0 fully saturated rings. The molecule has 4 nitrogen and oxygen atoms in total. The number of hydrogen-bond acceptors (Lipinski definition) is 3. The summed E-state index contributed by atoms with van der Waals surface area (Å²) in [7, 11) is 0. The van der Waals surface area contributed by atoms with Gasteiger partial charge >= 0.3 is 6.09 Å². The summed E-state index contributed by atoms with van der Waals surface area (Å²) in [4.78, 5) is 11.1. The molecule has 94 valence electrons. The third-order valence-electron chi connectivity index (χ3n) is 2.09. The molecule has 1 aromatic rings. The monoisotopic (exact) mass is 245 g/mol. The van der Waals surface area contributed by atoms with Crippen molar-refractivity contribution in [3.05, 3.63) is 35.4 Å². The Morgan fingerprint density at radius 3 is 2.82 bits per heavy atom. The van der Waals surface area contributed by atoms with Crippen molar-refractivity contribution in [1.82, 2.24) is 5.32 Å². The highest BCUT2D eigenvalue weighted by molar-refractivity contribution is 5.67. The van der Waals surface area contributed by atoms with Gasteiger partial charge in [-0.25, -0.2) is 13.6 Å². The number of benzene rings is 1. The summed E-state index contributed by atoms with van der Waals surface area (Å²) in [5.41, 5.74) is 0.160. The van der Waals surface area contributed by atoms with Gasteiger partial charge in [-0.05, 0) is 13.0 Å². The fourth-order valence-corrected chi connectivity index (χ4v) is 1.29. The van der Waals surface area contributed by atoms with E-state index in [0.29, 0.717) is 0 Å². The molecule has 2 N–H and O–H groups in total. The maximum atomic E-state index is 13.3. The highest BCUT2D eigenvalue weighted by atomic mass is 19.1. The van der Waals surface area contributed by atoms with Gasteiger partial charge in [0.2, 0.25) is 0 Å². The van der Waals surface area contributed by atoms with E-state index in [4.69, 9.17) is 5.11 Å². The van der Waals surface area contributed by atoms with Crippen LogP contribution in [0.3, 0.4) is 0 Å². The van der Waals surface area contributed by atoms with Crippen LogP contribution in [-0.4, -0.2) is 24.4 Å². The van der Waals surface area contributed by atoms with Crippen LogP contribution in [0.15, 0.2) is 18.2 Å². The maximum absolute atomic E-state index is 13.3. The lowest BCUT2D eigenvalue weighted by molar-refractivity contribution is 0.116. The van der Waals surface area contributed by atoms with E-state index in [1.54, 1.807) is 0 Å². The molecule has 1 amide bonds. The van der Waals surface area contributed by atoms with Gasteiger partial charge < -0.3 is 15.2 Å². The molecule has 0 aliphatic carbocycles. The fraction of sp³-hybridized carbons (Fsp3) is 0.364. The zero-order valence-corrected chi connectivity index (χ0v) is 9.24. The number of carbonyl (C=O) groups is 1. The molecule has 1 atom stereocenters. The molecule has 0 heterocycles. The van der Waals surface area contributed by atoms with E-state index in [-0.39, 0.29) is 18.8 Å². The summed E-state index contributed by atoms with van der Waals surface area (Å²) in [6.07, 6.45) is -0.768. The normalized spacial score (nSPS) is 12.0. The van der Waals surface area contributed by atoms with Crippen molar-refractivity contribution in [1.29, 1.82) is 0 Å². The Balaban J connectivity index is 2.63. The Kier molecular flexibility index (Phi) is 4.84. The molecule has 0 aliphatic heterocycles. The zero-order valence-electron chi connectivity index (χ0n) is 9.24. The summed E-state index contributed by atoms with van der Waals surface area (Å²) in [5.74, 6) is -1.42. The van der Waals surface area contributed by atoms with Gasteiger partial charge in [-0.15, -0.1) is 0 Å². The van der Waals surface area contributed by atoms with E-state index in [1.165, 1.54) is 13.0 Å². The first-order chi connectivity index (χ1) is 8.04. The molecule has 1 aromatic carbocycles. The number of halogens is 2. The van der Waals surface area contributed by atoms with Crippen LogP contribution in [-0.2, 0) is 4.74 Å². The molecule has 1 rings (SSSR count). The summed E-state index contributed by atoms with van der Waals surface area (Å²) >= 11 is 0. The van der Waals surface area contributed by atoms with E-state index in [0.717, 1.165) is 12.1 Å².